The summed E-state index contributed by atoms with van der Waals surface area (Å²) in [6.07, 6.45) is 1.70. The number of rotatable bonds is 3. The highest BCUT2D eigenvalue weighted by atomic mass is 35.5. The summed E-state index contributed by atoms with van der Waals surface area (Å²) in [4.78, 5) is 12.3. The third kappa shape index (κ3) is 2.86. The molecule has 0 unspecified atom stereocenters. The Morgan fingerprint density at radius 1 is 0.833 bits per heavy atom. The molecule has 0 N–H and O–H groups in total. The van der Waals surface area contributed by atoms with Crippen LogP contribution in [0.5, 0.6) is 0 Å². The van der Waals surface area contributed by atoms with Crippen molar-refractivity contribution in [3.63, 3.8) is 0 Å². The summed E-state index contributed by atoms with van der Waals surface area (Å²) in [6.45, 7) is 0.635. The van der Waals surface area contributed by atoms with Crippen LogP contribution in [0.25, 0.3) is 22.3 Å². The largest absolute Gasteiger partial charge is 0.322 e. The lowest BCUT2D eigenvalue weighted by Gasteiger charge is -2.07. The van der Waals surface area contributed by atoms with Crippen LogP contribution in [0.3, 0.4) is 0 Å². The third-order valence-corrected chi connectivity index (χ3v) is 4.25. The maximum absolute atomic E-state index is 6.18. The first-order valence-corrected chi connectivity index (χ1v) is 8.14. The van der Waals surface area contributed by atoms with Gasteiger partial charge in [0.1, 0.15) is 5.52 Å². The molecule has 24 heavy (non-hydrogen) atoms. The van der Waals surface area contributed by atoms with E-state index in [4.69, 9.17) is 23.2 Å². The monoisotopic (exact) mass is 354 g/mol. The normalized spacial score (nSPS) is 11.1. The lowest BCUT2D eigenvalue weighted by Crippen LogP contribution is -1.99. The molecule has 118 valence electrons. The van der Waals surface area contributed by atoms with Gasteiger partial charge in [-0.15, -0.1) is 0 Å². The van der Waals surface area contributed by atoms with Crippen molar-refractivity contribution in [1.29, 1.82) is 0 Å². The van der Waals surface area contributed by atoms with E-state index in [2.05, 4.69) is 51.4 Å². The van der Waals surface area contributed by atoms with Crippen LogP contribution in [0.15, 0.2) is 60.9 Å². The van der Waals surface area contributed by atoms with Crippen LogP contribution >= 0.6 is 23.2 Å². The summed E-state index contributed by atoms with van der Waals surface area (Å²) < 4.78 is 1.92. The number of fused-ring (bicyclic) bond motifs is 1. The highest BCUT2D eigenvalue weighted by molar-refractivity contribution is 6.35. The second kappa shape index (κ2) is 6.23. The zero-order valence-corrected chi connectivity index (χ0v) is 14.0. The zero-order valence-electron chi connectivity index (χ0n) is 12.5. The van der Waals surface area contributed by atoms with Gasteiger partial charge in [0.05, 0.1) is 6.33 Å². The van der Waals surface area contributed by atoms with Crippen LogP contribution in [0, 0.1) is 0 Å². The molecule has 6 heteroatoms. The van der Waals surface area contributed by atoms with Crippen molar-refractivity contribution in [3.8, 4) is 11.1 Å². The number of benzene rings is 2. The molecule has 2 aromatic carbocycles. The molecule has 0 aliphatic heterocycles. The van der Waals surface area contributed by atoms with Crippen LogP contribution < -0.4 is 0 Å². The average molecular weight is 355 g/mol. The molecular formula is C18H12Cl2N4. The van der Waals surface area contributed by atoms with Gasteiger partial charge in [-0.1, -0.05) is 66.2 Å². The average Bonchev–Trinajstić information content (AvgIpc) is 2.99. The van der Waals surface area contributed by atoms with E-state index in [1.165, 1.54) is 11.1 Å². The molecule has 0 aliphatic rings. The standard InChI is InChI=1S/C18H12Cl2N4/c19-16-15-17(23-18(20)22-16)21-11-24(15)10-12-6-8-14(9-7-12)13-4-2-1-3-5-13/h1-9,11H,10H2. The van der Waals surface area contributed by atoms with Gasteiger partial charge in [0.2, 0.25) is 5.28 Å². The van der Waals surface area contributed by atoms with E-state index in [-0.39, 0.29) is 5.28 Å². The Hall–Kier alpha value is -2.43. The molecule has 2 heterocycles. The van der Waals surface area contributed by atoms with Crippen molar-refractivity contribution in [1.82, 2.24) is 19.5 Å². The van der Waals surface area contributed by atoms with Gasteiger partial charge in [-0.2, -0.15) is 4.98 Å². The van der Waals surface area contributed by atoms with Gasteiger partial charge in [0.25, 0.3) is 0 Å². The smallest absolute Gasteiger partial charge is 0.225 e. The van der Waals surface area contributed by atoms with Gasteiger partial charge in [-0.25, -0.2) is 9.97 Å². The van der Waals surface area contributed by atoms with Gasteiger partial charge >= 0.3 is 0 Å². The van der Waals surface area contributed by atoms with E-state index in [1.54, 1.807) is 6.33 Å². The summed E-state index contributed by atoms with van der Waals surface area (Å²) >= 11 is 12.0. The lowest BCUT2D eigenvalue weighted by atomic mass is 10.0. The maximum atomic E-state index is 6.18. The summed E-state index contributed by atoms with van der Waals surface area (Å²) in [5.74, 6) is 0. The number of halogens is 2. The maximum Gasteiger partial charge on any atom is 0.225 e. The number of aromatic nitrogens is 4. The third-order valence-electron chi connectivity index (χ3n) is 3.82. The molecule has 4 rings (SSSR count). The number of nitrogens with zero attached hydrogens (tertiary/aromatic N) is 4. The van der Waals surface area contributed by atoms with Crippen LogP contribution in [0.2, 0.25) is 10.4 Å². The molecule has 0 radical (unpaired) electrons. The number of imidazole rings is 1. The first kappa shape index (κ1) is 15.1. The molecular weight excluding hydrogens is 343 g/mol. The fourth-order valence-electron chi connectivity index (χ4n) is 2.66. The van der Waals surface area contributed by atoms with E-state index < -0.39 is 0 Å². The first-order chi connectivity index (χ1) is 11.7. The molecule has 0 saturated heterocycles. The van der Waals surface area contributed by atoms with Gasteiger partial charge < -0.3 is 4.57 Å². The van der Waals surface area contributed by atoms with Crippen LogP contribution in [-0.2, 0) is 6.54 Å². The van der Waals surface area contributed by atoms with Crippen LogP contribution in [0.1, 0.15) is 5.56 Å². The summed E-state index contributed by atoms with van der Waals surface area (Å²) in [5.41, 5.74) is 4.71. The van der Waals surface area contributed by atoms with Gasteiger partial charge in [0, 0.05) is 6.54 Å². The van der Waals surface area contributed by atoms with Crippen molar-refractivity contribution < 1.29 is 0 Å². The first-order valence-electron chi connectivity index (χ1n) is 7.39. The zero-order chi connectivity index (χ0) is 16.5. The second-order valence-electron chi connectivity index (χ2n) is 5.39. The Kier molecular flexibility index (Phi) is 3.92. The van der Waals surface area contributed by atoms with E-state index in [0.717, 1.165) is 5.56 Å². The predicted octanol–water partition coefficient (Wildman–Crippen LogP) is 4.85. The molecule has 0 spiro atoms. The van der Waals surface area contributed by atoms with Gasteiger partial charge in [-0.05, 0) is 28.3 Å². The quantitative estimate of drug-likeness (QED) is 0.390. The lowest BCUT2D eigenvalue weighted by molar-refractivity contribution is 0.823. The highest BCUT2D eigenvalue weighted by Crippen LogP contribution is 2.23. The highest BCUT2D eigenvalue weighted by Gasteiger charge is 2.11. The molecule has 4 aromatic rings. The molecule has 4 nitrogen and oxygen atoms in total. The van der Waals surface area contributed by atoms with Crippen molar-refractivity contribution in [2.24, 2.45) is 0 Å². The SMILES string of the molecule is Clc1nc(Cl)c2c(ncn2Cc2ccc(-c3ccccc3)cc2)n1. The summed E-state index contributed by atoms with van der Waals surface area (Å²) in [6, 6.07) is 18.7. The van der Waals surface area contributed by atoms with Gasteiger partial charge in [0.15, 0.2) is 10.8 Å². The number of hydrogen-bond acceptors (Lipinski definition) is 3. The van der Waals surface area contributed by atoms with Crippen LogP contribution in [0.4, 0.5) is 0 Å². The Morgan fingerprint density at radius 3 is 2.29 bits per heavy atom. The number of hydrogen-bond donors (Lipinski definition) is 0. The molecule has 0 fully saturated rings. The van der Waals surface area contributed by atoms with Gasteiger partial charge in [-0.3, -0.25) is 0 Å². The minimum absolute atomic E-state index is 0.102. The molecule has 0 saturated carbocycles. The molecule has 0 bridgehead atoms. The minimum atomic E-state index is 0.102. The molecule has 0 aliphatic carbocycles. The van der Waals surface area contributed by atoms with Crippen molar-refractivity contribution in [2.45, 2.75) is 6.54 Å². The van der Waals surface area contributed by atoms with E-state index in [9.17, 15) is 0 Å². The fourth-order valence-corrected chi connectivity index (χ4v) is 3.14. The van der Waals surface area contributed by atoms with Crippen molar-refractivity contribution >= 4 is 34.4 Å². The van der Waals surface area contributed by atoms with Crippen molar-refractivity contribution in [3.05, 3.63) is 76.9 Å². The topological polar surface area (TPSA) is 43.6 Å². The van der Waals surface area contributed by atoms with E-state index in [1.807, 2.05) is 22.8 Å². The van der Waals surface area contributed by atoms with E-state index >= 15 is 0 Å². The fraction of sp³-hybridized carbons (Fsp3) is 0.0556. The summed E-state index contributed by atoms with van der Waals surface area (Å²) in [7, 11) is 0. The van der Waals surface area contributed by atoms with Crippen molar-refractivity contribution in [2.75, 3.05) is 0 Å². The second-order valence-corrected chi connectivity index (χ2v) is 6.09. The molecule has 0 amide bonds. The van der Waals surface area contributed by atoms with E-state index in [0.29, 0.717) is 22.9 Å². The molecule has 2 aromatic heterocycles. The Balaban J connectivity index is 1.64. The predicted molar refractivity (Wildman–Crippen MR) is 96.3 cm³/mol. The minimum Gasteiger partial charge on any atom is -0.322 e. The Bertz CT molecular complexity index is 995. The van der Waals surface area contributed by atoms with Crippen LogP contribution in [-0.4, -0.2) is 19.5 Å². The summed E-state index contributed by atoms with van der Waals surface area (Å²) in [5, 5.41) is 0.411. The Labute approximate surface area is 148 Å². The molecule has 0 atom stereocenters. The Morgan fingerprint density at radius 2 is 1.54 bits per heavy atom.